The second-order valence-corrected chi connectivity index (χ2v) is 5.70. The third-order valence-electron chi connectivity index (χ3n) is 4.18. The highest BCUT2D eigenvalue weighted by Gasteiger charge is 2.24. The van der Waals surface area contributed by atoms with Crippen molar-refractivity contribution in [1.29, 1.82) is 0 Å². The predicted molar refractivity (Wildman–Crippen MR) is 79.3 cm³/mol. The first kappa shape index (κ1) is 15.1. The molecule has 0 saturated carbocycles. The summed E-state index contributed by atoms with van der Waals surface area (Å²) in [5, 5.41) is 9.80. The minimum atomic E-state index is -0.155. The first-order valence-corrected chi connectivity index (χ1v) is 7.17. The SMILES string of the molecule is COc1cc(C)c(CN2CCC(O)C(C)C2)cc1OC. The number of likely N-dealkylation sites (tertiary alicyclic amines) is 1. The zero-order chi connectivity index (χ0) is 14.7. The third kappa shape index (κ3) is 3.25. The van der Waals surface area contributed by atoms with Gasteiger partial charge in [0.05, 0.1) is 20.3 Å². The maximum Gasteiger partial charge on any atom is 0.161 e. The maximum atomic E-state index is 9.80. The molecule has 1 fully saturated rings. The highest BCUT2D eigenvalue weighted by molar-refractivity contribution is 5.47. The van der Waals surface area contributed by atoms with Gasteiger partial charge in [0.15, 0.2) is 11.5 Å². The Bertz CT molecular complexity index is 461. The van der Waals surface area contributed by atoms with Crippen LogP contribution in [-0.4, -0.2) is 43.4 Å². The van der Waals surface area contributed by atoms with E-state index in [1.807, 2.05) is 6.07 Å². The minimum absolute atomic E-state index is 0.155. The number of methoxy groups -OCH3 is 2. The lowest BCUT2D eigenvalue weighted by atomic mass is 9.96. The molecule has 2 rings (SSSR count). The average molecular weight is 279 g/mol. The zero-order valence-electron chi connectivity index (χ0n) is 12.8. The highest BCUT2D eigenvalue weighted by atomic mass is 16.5. The van der Waals surface area contributed by atoms with Crippen LogP contribution < -0.4 is 9.47 Å². The Morgan fingerprint density at radius 3 is 2.50 bits per heavy atom. The summed E-state index contributed by atoms with van der Waals surface area (Å²) in [4.78, 5) is 2.39. The lowest BCUT2D eigenvalue weighted by Gasteiger charge is -2.34. The van der Waals surface area contributed by atoms with Crippen LogP contribution in [0.4, 0.5) is 0 Å². The molecule has 0 bridgehead atoms. The van der Waals surface area contributed by atoms with Gasteiger partial charge in [0, 0.05) is 19.6 Å². The molecule has 2 atom stereocenters. The summed E-state index contributed by atoms with van der Waals surface area (Å²) in [5.74, 6) is 1.89. The molecule has 1 aliphatic heterocycles. The summed E-state index contributed by atoms with van der Waals surface area (Å²) in [5.41, 5.74) is 2.47. The van der Waals surface area contributed by atoms with Crippen LogP contribution in [0.15, 0.2) is 12.1 Å². The van der Waals surface area contributed by atoms with Crippen LogP contribution in [0.3, 0.4) is 0 Å². The number of aliphatic hydroxyl groups excluding tert-OH is 1. The van der Waals surface area contributed by atoms with Gasteiger partial charge in [-0.15, -0.1) is 0 Å². The maximum absolute atomic E-state index is 9.80. The predicted octanol–water partition coefficient (Wildman–Crippen LogP) is 2.21. The lowest BCUT2D eigenvalue weighted by Crippen LogP contribution is -2.41. The van der Waals surface area contributed by atoms with Crippen LogP contribution in [0.2, 0.25) is 0 Å². The number of hydrogen-bond donors (Lipinski definition) is 1. The molecule has 2 unspecified atom stereocenters. The fourth-order valence-electron chi connectivity index (χ4n) is 2.80. The quantitative estimate of drug-likeness (QED) is 0.917. The number of benzene rings is 1. The van der Waals surface area contributed by atoms with E-state index >= 15 is 0 Å². The molecular weight excluding hydrogens is 254 g/mol. The fourth-order valence-corrected chi connectivity index (χ4v) is 2.80. The van der Waals surface area contributed by atoms with E-state index in [2.05, 4.69) is 24.8 Å². The van der Waals surface area contributed by atoms with Gasteiger partial charge in [0.2, 0.25) is 0 Å². The van der Waals surface area contributed by atoms with E-state index in [0.717, 1.165) is 37.6 Å². The molecule has 1 aromatic rings. The number of hydrogen-bond acceptors (Lipinski definition) is 4. The number of aliphatic hydroxyl groups is 1. The first-order valence-electron chi connectivity index (χ1n) is 7.17. The van der Waals surface area contributed by atoms with Crippen molar-refractivity contribution < 1.29 is 14.6 Å². The average Bonchev–Trinajstić information content (AvgIpc) is 2.44. The summed E-state index contributed by atoms with van der Waals surface area (Å²) in [6.07, 6.45) is 0.700. The van der Waals surface area contributed by atoms with Crippen molar-refractivity contribution in [3.05, 3.63) is 23.3 Å². The van der Waals surface area contributed by atoms with Gasteiger partial charge in [0.25, 0.3) is 0 Å². The molecule has 20 heavy (non-hydrogen) atoms. The molecule has 1 saturated heterocycles. The standard InChI is InChI=1S/C16H25NO3/c1-11-7-15(19-3)16(20-4)8-13(11)10-17-6-5-14(18)12(2)9-17/h7-8,12,14,18H,5-6,9-10H2,1-4H3. The Balaban J connectivity index is 2.13. The van der Waals surface area contributed by atoms with Crippen molar-refractivity contribution in [1.82, 2.24) is 4.90 Å². The van der Waals surface area contributed by atoms with Crippen molar-refractivity contribution in [2.45, 2.75) is 32.9 Å². The Labute approximate surface area is 121 Å². The molecule has 0 radical (unpaired) electrons. The molecule has 0 aromatic heterocycles. The smallest absolute Gasteiger partial charge is 0.161 e. The zero-order valence-corrected chi connectivity index (χ0v) is 12.8. The Morgan fingerprint density at radius 2 is 1.90 bits per heavy atom. The topological polar surface area (TPSA) is 41.9 Å². The van der Waals surface area contributed by atoms with E-state index in [1.54, 1.807) is 14.2 Å². The van der Waals surface area contributed by atoms with Crippen molar-refractivity contribution in [3.8, 4) is 11.5 Å². The summed E-state index contributed by atoms with van der Waals surface area (Å²) >= 11 is 0. The summed E-state index contributed by atoms with van der Waals surface area (Å²) in [6.45, 7) is 6.98. The summed E-state index contributed by atoms with van der Waals surface area (Å²) < 4.78 is 10.7. The van der Waals surface area contributed by atoms with E-state index < -0.39 is 0 Å². The highest BCUT2D eigenvalue weighted by Crippen LogP contribution is 2.31. The Hall–Kier alpha value is -1.26. The largest absolute Gasteiger partial charge is 0.493 e. The minimum Gasteiger partial charge on any atom is -0.493 e. The van der Waals surface area contributed by atoms with Gasteiger partial charge in [-0.3, -0.25) is 4.90 Å². The van der Waals surface area contributed by atoms with Gasteiger partial charge in [0.1, 0.15) is 0 Å². The molecule has 1 N–H and O–H groups in total. The normalized spacial score (nSPS) is 23.6. The van der Waals surface area contributed by atoms with Gasteiger partial charge >= 0.3 is 0 Å². The fraction of sp³-hybridized carbons (Fsp3) is 0.625. The van der Waals surface area contributed by atoms with Crippen LogP contribution in [-0.2, 0) is 6.54 Å². The van der Waals surface area contributed by atoms with Crippen LogP contribution in [0.1, 0.15) is 24.5 Å². The van der Waals surface area contributed by atoms with Crippen LogP contribution >= 0.6 is 0 Å². The van der Waals surface area contributed by atoms with E-state index in [4.69, 9.17) is 9.47 Å². The van der Waals surface area contributed by atoms with E-state index in [1.165, 1.54) is 11.1 Å². The van der Waals surface area contributed by atoms with Gasteiger partial charge < -0.3 is 14.6 Å². The molecule has 1 heterocycles. The molecule has 4 nitrogen and oxygen atoms in total. The summed E-state index contributed by atoms with van der Waals surface area (Å²) in [7, 11) is 3.32. The first-order chi connectivity index (χ1) is 9.55. The van der Waals surface area contributed by atoms with Gasteiger partial charge in [-0.05, 0) is 42.5 Å². The molecule has 1 aliphatic rings. The van der Waals surface area contributed by atoms with Crippen molar-refractivity contribution >= 4 is 0 Å². The second-order valence-electron chi connectivity index (χ2n) is 5.70. The van der Waals surface area contributed by atoms with Crippen molar-refractivity contribution in [2.75, 3.05) is 27.3 Å². The van der Waals surface area contributed by atoms with Gasteiger partial charge in [-0.25, -0.2) is 0 Å². The number of aryl methyl sites for hydroxylation is 1. The molecule has 4 heteroatoms. The number of ether oxygens (including phenoxy) is 2. The van der Waals surface area contributed by atoms with Crippen LogP contribution in [0.25, 0.3) is 0 Å². The van der Waals surface area contributed by atoms with Gasteiger partial charge in [-0.1, -0.05) is 6.92 Å². The summed E-state index contributed by atoms with van der Waals surface area (Å²) in [6, 6.07) is 4.08. The Kier molecular flexibility index (Phi) is 4.89. The second kappa shape index (κ2) is 6.46. The third-order valence-corrected chi connectivity index (χ3v) is 4.18. The molecule has 112 valence electrons. The van der Waals surface area contributed by atoms with Crippen LogP contribution in [0.5, 0.6) is 11.5 Å². The molecule has 0 spiro atoms. The molecule has 1 aromatic carbocycles. The number of rotatable bonds is 4. The van der Waals surface area contributed by atoms with E-state index in [0.29, 0.717) is 5.92 Å². The van der Waals surface area contributed by atoms with Gasteiger partial charge in [-0.2, -0.15) is 0 Å². The Morgan fingerprint density at radius 1 is 1.25 bits per heavy atom. The van der Waals surface area contributed by atoms with Crippen LogP contribution in [0, 0.1) is 12.8 Å². The lowest BCUT2D eigenvalue weighted by molar-refractivity contribution is 0.0319. The molecular formula is C16H25NO3. The molecule has 0 amide bonds. The van der Waals surface area contributed by atoms with E-state index in [9.17, 15) is 5.11 Å². The monoisotopic (exact) mass is 279 g/mol. The number of nitrogens with zero attached hydrogens (tertiary/aromatic N) is 1. The van der Waals surface area contributed by atoms with Crippen molar-refractivity contribution in [3.63, 3.8) is 0 Å². The molecule has 0 aliphatic carbocycles. The van der Waals surface area contributed by atoms with Crippen molar-refractivity contribution in [2.24, 2.45) is 5.92 Å². The van der Waals surface area contributed by atoms with E-state index in [-0.39, 0.29) is 6.10 Å². The number of piperidine rings is 1.